The van der Waals surface area contributed by atoms with E-state index >= 15 is 0 Å². The van der Waals surface area contributed by atoms with Crippen LogP contribution in [0.5, 0.6) is 0 Å². The van der Waals surface area contributed by atoms with E-state index in [2.05, 4.69) is 10.3 Å². The summed E-state index contributed by atoms with van der Waals surface area (Å²) in [6.07, 6.45) is 0.667. The Balaban J connectivity index is 1.71. The van der Waals surface area contributed by atoms with Gasteiger partial charge in [0.1, 0.15) is 0 Å². The van der Waals surface area contributed by atoms with E-state index < -0.39 is 5.97 Å². The Kier molecular flexibility index (Phi) is 3.57. The lowest BCUT2D eigenvalue weighted by molar-refractivity contribution is 0.0697. The van der Waals surface area contributed by atoms with Crippen molar-refractivity contribution in [3.63, 3.8) is 0 Å². The van der Waals surface area contributed by atoms with Crippen molar-refractivity contribution in [2.24, 2.45) is 0 Å². The summed E-state index contributed by atoms with van der Waals surface area (Å²) in [5.74, 6) is -0.954. The van der Waals surface area contributed by atoms with Gasteiger partial charge in [-0.2, -0.15) is 0 Å². The zero-order valence-corrected chi connectivity index (χ0v) is 11.9. The second kappa shape index (κ2) is 5.53. The number of urea groups is 1. The van der Waals surface area contributed by atoms with E-state index in [0.717, 1.165) is 16.9 Å². The average Bonchev–Trinajstić information content (AvgIpc) is 3.13. The number of anilines is 1. The van der Waals surface area contributed by atoms with E-state index in [-0.39, 0.29) is 11.6 Å². The quantitative estimate of drug-likeness (QED) is 0.910. The molecule has 7 heteroatoms. The molecule has 0 bridgehead atoms. The summed E-state index contributed by atoms with van der Waals surface area (Å²) in [6, 6.07) is 4.65. The molecule has 2 heterocycles. The topological polar surface area (TPSA) is 82.5 Å². The Hall–Kier alpha value is -2.41. The molecule has 0 saturated heterocycles. The monoisotopic (exact) mass is 303 g/mol. The summed E-state index contributed by atoms with van der Waals surface area (Å²) in [4.78, 5) is 28.9. The van der Waals surface area contributed by atoms with Crippen molar-refractivity contribution in [1.29, 1.82) is 0 Å². The Bertz CT molecular complexity index is 685. The van der Waals surface area contributed by atoms with Gasteiger partial charge in [-0.05, 0) is 30.2 Å². The summed E-state index contributed by atoms with van der Waals surface area (Å²) in [7, 11) is 0. The van der Waals surface area contributed by atoms with Crippen LogP contribution in [0.15, 0.2) is 29.1 Å². The molecule has 2 amide bonds. The lowest BCUT2D eigenvalue weighted by Gasteiger charge is -2.17. The summed E-state index contributed by atoms with van der Waals surface area (Å²) in [5, 5.41) is 13.7. The highest BCUT2D eigenvalue weighted by molar-refractivity contribution is 7.07. The van der Waals surface area contributed by atoms with Gasteiger partial charge in [-0.25, -0.2) is 14.6 Å². The third-order valence-corrected chi connectivity index (χ3v) is 4.01. The van der Waals surface area contributed by atoms with Gasteiger partial charge in [0.25, 0.3) is 0 Å². The fourth-order valence-corrected chi connectivity index (χ4v) is 2.89. The number of rotatable bonds is 3. The minimum Gasteiger partial charge on any atom is -0.478 e. The molecule has 21 heavy (non-hydrogen) atoms. The van der Waals surface area contributed by atoms with Gasteiger partial charge in [0, 0.05) is 17.6 Å². The standard InChI is InChI=1S/C14H13N3O3S/c18-13(19)10-1-2-12-9(5-10)3-4-17(12)14(20)15-6-11-7-21-8-16-11/h1-2,5,7-8H,3-4,6H2,(H,15,20)(H,18,19). The van der Waals surface area contributed by atoms with Crippen molar-refractivity contribution in [3.05, 3.63) is 45.9 Å². The molecule has 108 valence electrons. The van der Waals surface area contributed by atoms with Crippen LogP contribution in [-0.4, -0.2) is 28.6 Å². The van der Waals surface area contributed by atoms with E-state index in [0.29, 0.717) is 19.5 Å². The molecular formula is C14H13N3O3S. The molecule has 1 aliphatic heterocycles. The first kappa shape index (κ1) is 13.6. The molecule has 0 radical (unpaired) electrons. The second-order valence-electron chi connectivity index (χ2n) is 4.69. The summed E-state index contributed by atoms with van der Waals surface area (Å²) < 4.78 is 0. The number of aromatic carboxylic acids is 1. The van der Waals surface area contributed by atoms with E-state index in [9.17, 15) is 9.59 Å². The Morgan fingerprint density at radius 2 is 2.29 bits per heavy atom. The van der Waals surface area contributed by atoms with Gasteiger partial charge in [-0.1, -0.05) is 0 Å². The fraction of sp³-hybridized carbons (Fsp3) is 0.214. The maximum atomic E-state index is 12.2. The molecule has 0 unspecified atom stereocenters. The average molecular weight is 303 g/mol. The molecule has 0 aliphatic carbocycles. The van der Waals surface area contributed by atoms with Crippen molar-refractivity contribution in [2.75, 3.05) is 11.4 Å². The van der Waals surface area contributed by atoms with Gasteiger partial charge in [0.15, 0.2) is 0 Å². The van der Waals surface area contributed by atoms with E-state index in [1.807, 2.05) is 5.38 Å². The minimum atomic E-state index is -0.954. The second-order valence-corrected chi connectivity index (χ2v) is 5.41. The first-order chi connectivity index (χ1) is 10.1. The molecule has 1 aromatic carbocycles. The summed E-state index contributed by atoms with van der Waals surface area (Å²) in [5.41, 5.74) is 4.46. The van der Waals surface area contributed by atoms with Gasteiger partial charge in [-0.3, -0.25) is 4.90 Å². The van der Waals surface area contributed by atoms with Crippen LogP contribution in [0.4, 0.5) is 10.5 Å². The number of thiazole rings is 1. The van der Waals surface area contributed by atoms with Gasteiger partial charge < -0.3 is 10.4 Å². The van der Waals surface area contributed by atoms with Crippen molar-refractivity contribution < 1.29 is 14.7 Å². The van der Waals surface area contributed by atoms with Crippen molar-refractivity contribution in [1.82, 2.24) is 10.3 Å². The van der Waals surface area contributed by atoms with Gasteiger partial charge in [-0.15, -0.1) is 11.3 Å². The van der Waals surface area contributed by atoms with E-state index in [1.54, 1.807) is 22.5 Å². The minimum absolute atomic E-state index is 0.190. The molecule has 3 rings (SSSR count). The number of hydrogen-bond donors (Lipinski definition) is 2. The number of carbonyl (C=O) groups excluding carboxylic acids is 1. The summed E-state index contributed by atoms with van der Waals surface area (Å²) >= 11 is 1.48. The smallest absolute Gasteiger partial charge is 0.335 e. The number of nitrogens with one attached hydrogen (secondary N) is 1. The number of carbonyl (C=O) groups is 2. The number of benzene rings is 1. The molecule has 6 nitrogen and oxygen atoms in total. The molecule has 2 aromatic rings. The molecule has 0 fully saturated rings. The van der Waals surface area contributed by atoms with Crippen molar-refractivity contribution in [2.45, 2.75) is 13.0 Å². The van der Waals surface area contributed by atoms with Crippen molar-refractivity contribution >= 4 is 29.0 Å². The SMILES string of the molecule is O=C(O)c1ccc2c(c1)CCN2C(=O)NCc1cscn1. The zero-order chi connectivity index (χ0) is 14.8. The summed E-state index contributed by atoms with van der Waals surface area (Å²) in [6.45, 7) is 0.947. The predicted octanol–water partition coefficient (Wildman–Crippen LogP) is 2.11. The number of fused-ring (bicyclic) bond motifs is 1. The van der Waals surface area contributed by atoms with Crippen molar-refractivity contribution in [3.8, 4) is 0 Å². The third kappa shape index (κ3) is 2.73. The van der Waals surface area contributed by atoms with Gasteiger partial charge >= 0.3 is 12.0 Å². The van der Waals surface area contributed by atoms with Crippen LogP contribution in [0.1, 0.15) is 21.6 Å². The van der Waals surface area contributed by atoms with Crippen LogP contribution in [0, 0.1) is 0 Å². The lowest BCUT2D eigenvalue weighted by atomic mass is 10.1. The number of carboxylic acids is 1. The third-order valence-electron chi connectivity index (χ3n) is 3.37. The number of amides is 2. The maximum absolute atomic E-state index is 12.2. The highest BCUT2D eigenvalue weighted by atomic mass is 32.1. The van der Waals surface area contributed by atoms with Crippen LogP contribution >= 0.6 is 11.3 Å². The molecule has 0 atom stereocenters. The van der Waals surface area contributed by atoms with Crippen LogP contribution in [0.2, 0.25) is 0 Å². The van der Waals surface area contributed by atoms with Gasteiger partial charge in [0.2, 0.25) is 0 Å². The van der Waals surface area contributed by atoms with Crippen LogP contribution < -0.4 is 10.2 Å². The molecule has 0 spiro atoms. The first-order valence-corrected chi connectivity index (χ1v) is 7.38. The van der Waals surface area contributed by atoms with Crippen LogP contribution in [0.25, 0.3) is 0 Å². The first-order valence-electron chi connectivity index (χ1n) is 6.44. The number of nitrogens with zero attached hydrogens (tertiary/aromatic N) is 2. The maximum Gasteiger partial charge on any atom is 0.335 e. The molecule has 1 aromatic heterocycles. The highest BCUT2D eigenvalue weighted by Gasteiger charge is 2.25. The highest BCUT2D eigenvalue weighted by Crippen LogP contribution is 2.28. The Morgan fingerprint density at radius 3 is 3.00 bits per heavy atom. The molecular weight excluding hydrogens is 290 g/mol. The fourth-order valence-electron chi connectivity index (χ4n) is 2.33. The number of aromatic nitrogens is 1. The number of carboxylic acid groups (broad SMARTS) is 1. The zero-order valence-electron chi connectivity index (χ0n) is 11.1. The van der Waals surface area contributed by atoms with Crippen LogP contribution in [0.3, 0.4) is 0 Å². The molecule has 2 N–H and O–H groups in total. The molecule has 0 saturated carbocycles. The largest absolute Gasteiger partial charge is 0.478 e. The number of hydrogen-bond acceptors (Lipinski definition) is 4. The molecule has 1 aliphatic rings. The van der Waals surface area contributed by atoms with Crippen LogP contribution in [-0.2, 0) is 13.0 Å². The van der Waals surface area contributed by atoms with Gasteiger partial charge in [0.05, 0.1) is 23.3 Å². The predicted molar refractivity (Wildman–Crippen MR) is 78.8 cm³/mol. The Morgan fingerprint density at radius 1 is 1.43 bits per heavy atom. The van der Waals surface area contributed by atoms with E-state index in [1.165, 1.54) is 17.4 Å². The van der Waals surface area contributed by atoms with E-state index in [4.69, 9.17) is 5.11 Å². The normalized spacial score (nSPS) is 13.0. The lowest BCUT2D eigenvalue weighted by Crippen LogP contribution is -2.38. The Labute approximate surface area is 125 Å².